The predicted octanol–water partition coefficient (Wildman–Crippen LogP) is 2.33. The minimum Gasteiger partial charge on any atom is -0.337 e. The maximum atomic E-state index is 12.6. The van der Waals surface area contributed by atoms with E-state index >= 15 is 0 Å². The number of amides is 1. The van der Waals surface area contributed by atoms with Crippen molar-refractivity contribution in [1.29, 1.82) is 0 Å². The van der Waals surface area contributed by atoms with Gasteiger partial charge in [-0.1, -0.05) is 26.0 Å². The second-order valence-electron chi connectivity index (χ2n) is 5.55. The Morgan fingerprint density at radius 1 is 1.33 bits per heavy atom. The second kappa shape index (κ2) is 6.37. The summed E-state index contributed by atoms with van der Waals surface area (Å²) in [6, 6.07) is 0.877. The van der Waals surface area contributed by atoms with Crippen molar-refractivity contribution in [3.8, 4) is 0 Å². The molecule has 3 nitrogen and oxygen atoms in total. The zero-order valence-corrected chi connectivity index (χ0v) is 11.7. The molecule has 2 aliphatic rings. The largest absolute Gasteiger partial charge is 0.337 e. The monoisotopic (exact) mass is 250 g/mol. The molecule has 0 radical (unpaired) electrons. The molecule has 1 fully saturated rings. The van der Waals surface area contributed by atoms with Crippen LogP contribution in [0.25, 0.3) is 0 Å². The van der Waals surface area contributed by atoms with Crippen molar-refractivity contribution in [2.24, 2.45) is 5.92 Å². The lowest BCUT2D eigenvalue weighted by molar-refractivity contribution is -0.140. The smallest absolute Gasteiger partial charge is 0.226 e. The van der Waals surface area contributed by atoms with E-state index in [1.54, 1.807) is 0 Å². The van der Waals surface area contributed by atoms with Gasteiger partial charge in [-0.3, -0.25) is 4.79 Å². The topological polar surface area (TPSA) is 32.3 Å². The minimum absolute atomic E-state index is 0.236. The molecular formula is C15H26N2O. The van der Waals surface area contributed by atoms with Crippen molar-refractivity contribution >= 4 is 5.91 Å². The van der Waals surface area contributed by atoms with Crippen molar-refractivity contribution in [2.45, 2.75) is 58.0 Å². The Bertz CT molecular complexity index is 314. The molecule has 3 unspecified atom stereocenters. The normalized spacial score (nSPS) is 32.6. The van der Waals surface area contributed by atoms with Crippen LogP contribution in [-0.2, 0) is 4.79 Å². The number of carbonyl (C=O) groups excluding carboxylic acids is 1. The van der Waals surface area contributed by atoms with Gasteiger partial charge >= 0.3 is 0 Å². The zero-order valence-electron chi connectivity index (χ0n) is 11.7. The Balaban J connectivity index is 2.02. The summed E-state index contributed by atoms with van der Waals surface area (Å²) in [5.41, 5.74) is 0. The van der Waals surface area contributed by atoms with Gasteiger partial charge in [0.25, 0.3) is 0 Å². The van der Waals surface area contributed by atoms with E-state index in [-0.39, 0.29) is 5.92 Å². The lowest BCUT2D eigenvalue weighted by Crippen LogP contribution is -2.59. The number of allylic oxidation sites excluding steroid dienone is 2. The first-order chi connectivity index (χ1) is 8.76. The van der Waals surface area contributed by atoms with Crippen LogP contribution in [0.2, 0.25) is 0 Å². The Morgan fingerprint density at radius 3 is 2.78 bits per heavy atom. The third-order valence-corrected chi connectivity index (χ3v) is 4.37. The molecular weight excluding hydrogens is 224 g/mol. The molecule has 3 heteroatoms. The number of nitrogens with zero attached hydrogens (tertiary/aromatic N) is 1. The number of hydrogen-bond donors (Lipinski definition) is 1. The molecule has 0 aromatic rings. The molecule has 1 heterocycles. The van der Waals surface area contributed by atoms with Crippen LogP contribution in [0.1, 0.15) is 46.0 Å². The molecule has 1 aliphatic heterocycles. The predicted molar refractivity (Wildman–Crippen MR) is 74.4 cm³/mol. The van der Waals surface area contributed by atoms with Crippen LogP contribution in [0, 0.1) is 5.92 Å². The molecule has 0 bridgehead atoms. The molecule has 1 N–H and O–H groups in total. The van der Waals surface area contributed by atoms with Crippen molar-refractivity contribution in [3.05, 3.63) is 12.2 Å². The standard InChI is InChI=1S/C15H26N2O/c1-3-13-11-17(14(4-2)10-16-13)15(18)12-8-6-5-7-9-12/h5-6,12-14,16H,3-4,7-11H2,1-2H3. The summed E-state index contributed by atoms with van der Waals surface area (Å²) < 4.78 is 0. The maximum absolute atomic E-state index is 12.6. The quantitative estimate of drug-likeness (QED) is 0.780. The van der Waals surface area contributed by atoms with Gasteiger partial charge in [-0.25, -0.2) is 0 Å². The Hall–Kier alpha value is -0.830. The minimum atomic E-state index is 0.236. The third-order valence-electron chi connectivity index (χ3n) is 4.37. The lowest BCUT2D eigenvalue weighted by Gasteiger charge is -2.41. The van der Waals surface area contributed by atoms with E-state index in [1.807, 2.05) is 0 Å². The molecule has 102 valence electrons. The van der Waals surface area contributed by atoms with Gasteiger partial charge in [-0.15, -0.1) is 0 Å². The Labute approximate surface area is 111 Å². The summed E-state index contributed by atoms with van der Waals surface area (Å²) >= 11 is 0. The average Bonchev–Trinajstić information content (AvgIpc) is 2.46. The fraction of sp³-hybridized carbons (Fsp3) is 0.800. The van der Waals surface area contributed by atoms with Gasteiger partial charge in [-0.2, -0.15) is 0 Å². The summed E-state index contributed by atoms with van der Waals surface area (Å²) in [4.78, 5) is 14.8. The van der Waals surface area contributed by atoms with E-state index in [0.29, 0.717) is 18.0 Å². The maximum Gasteiger partial charge on any atom is 0.226 e. The van der Waals surface area contributed by atoms with E-state index in [2.05, 4.69) is 36.2 Å². The van der Waals surface area contributed by atoms with Gasteiger partial charge in [0, 0.05) is 31.1 Å². The zero-order chi connectivity index (χ0) is 13.0. The molecule has 1 amide bonds. The molecule has 1 saturated heterocycles. The van der Waals surface area contributed by atoms with E-state index in [0.717, 1.165) is 45.2 Å². The number of carbonyl (C=O) groups is 1. The van der Waals surface area contributed by atoms with Crippen LogP contribution in [0.3, 0.4) is 0 Å². The summed E-state index contributed by atoms with van der Waals surface area (Å²) in [6.45, 7) is 6.23. The summed E-state index contributed by atoms with van der Waals surface area (Å²) in [5, 5.41) is 3.55. The number of rotatable bonds is 3. The fourth-order valence-electron chi connectivity index (χ4n) is 3.02. The highest BCUT2D eigenvalue weighted by atomic mass is 16.2. The Kier molecular flexibility index (Phi) is 4.81. The van der Waals surface area contributed by atoms with Crippen LogP contribution < -0.4 is 5.32 Å². The highest BCUT2D eigenvalue weighted by molar-refractivity contribution is 5.79. The fourth-order valence-corrected chi connectivity index (χ4v) is 3.02. The summed E-state index contributed by atoms with van der Waals surface area (Å²) in [6.07, 6.45) is 9.57. The van der Waals surface area contributed by atoms with Crippen LogP contribution >= 0.6 is 0 Å². The number of hydrogen-bond acceptors (Lipinski definition) is 2. The first-order valence-electron chi connectivity index (χ1n) is 7.45. The molecule has 3 atom stereocenters. The van der Waals surface area contributed by atoms with Gasteiger partial charge in [0.2, 0.25) is 5.91 Å². The SMILES string of the molecule is CCC1CN(C(=O)C2CC=CCC2)C(CC)CN1. The van der Waals surface area contributed by atoms with Crippen molar-refractivity contribution < 1.29 is 4.79 Å². The summed E-state index contributed by atoms with van der Waals surface area (Å²) in [5.74, 6) is 0.630. The molecule has 2 rings (SSSR count). The number of nitrogens with one attached hydrogen (secondary N) is 1. The third kappa shape index (κ3) is 2.94. The summed E-state index contributed by atoms with van der Waals surface area (Å²) in [7, 11) is 0. The van der Waals surface area contributed by atoms with E-state index in [9.17, 15) is 4.79 Å². The molecule has 0 aromatic heterocycles. The van der Waals surface area contributed by atoms with Crippen LogP contribution in [0.15, 0.2) is 12.2 Å². The Morgan fingerprint density at radius 2 is 2.17 bits per heavy atom. The van der Waals surface area contributed by atoms with Gasteiger partial charge in [0.15, 0.2) is 0 Å². The van der Waals surface area contributed by atoms with Crippen LogP contribution in [0.5, 0.6) is 0 Å². The van der Waals surface area contributed by atoms with Crippen LogP contribution in [0.4, 0.5) is 0 Å². The average molecular weight is 250 g/mol. The number of piperazine rings is 1. The van der Waals surface area contributed by atoms with Gasteiger partial charge in [-0.05, 0) is 32.1 Å². The highest BCUT2D eigenvalue weighted by Crippen LogP contribution is 2.23. The van der Waals surface area contributed by atoms with E-state index < -0.39 is 0 Å². The van der Waals surface area contributed by atoms with Gasteiger partial charge in [0.05, 0.1) is 0 Å². The molecule has 0 spiro atoms. The van der Waals surface area contributed by atoms with Gasteiger partial charge in [0.1, 0.15) is 0 Å². The molecule has 0 saturated carbocycles. The first-order valence-corrected chi connectivity index (χ1v) is 7.45. The van der Waals surface area contributed by atoms with Crippen molar-refractivity contribution in [2.75, 3.05) is 13.1 Å². The van der Waals surface area contributed by atoms with Gasteiger partial charge < -0.3 is 10.2 Å². The van der Waals surface area contributed by atoms with Crippen molar-refractivity contribution in [3.63, 3.8) is 0 Å². The van der Waals surface area contributed by atoms with E-state index in [4.69, 9.17) is 0 Å². The van der Waals surface area contributed by atoms with Crippen LogP contribution in [-0.4, -0.2) is 36.0 Å². The van der Waals surface area contributed by atoms with Crippen molar-refractivity contribution in [1.82, 2.24) is 10.2 Å². The molecule has 18 heavy (non-hydrogen) atoms. The first kappa shape index (κ1) is 13.6. The second-order valence-corrected chi connectivity index (χ2v) is 5.55. The van der Waals surface area contributed by atoms with E-state index in [1.165, 1.54) is 0 Å². The molecule has 1 aliphatic carbocycles. The molecule has 0 aromatic carbocycles. The highest BCUT2D eigenvalue weighted by Gasteiger charge is 2.33. The lowest BCUT2D eigenvalue weighted by atomic mass is 9.91.